The normalized spacial score (nSPS) is 34.3. The van der Waals surface area contributed by atoms with Gasteiger partial charge in [0.1, 0.15) is 24.4 Å². The molecule has 1 aliphatic heterocycles. The van der Waals surface area contributed by atoms with E-state index in [9.17, 15) is 19.2 Å². The maximum atomic E-state index is 13.5. The molecule has 0 unspecified atom stereocenters. The van der Waals surface area contributed by atoms with E-state index in [-0.39, 0.29) is 48.6 Å². The first-order chi connectivity index (χ1) is 17.7. The molecule has 1 heterocycles. The molecule has 9 nitrogen and oxygen atoms in total. The third kappa shape index (κ3) is 4.19. The monoisotopic (exact) mass is 527 g/mol. The highest BCUT2D eigenvalue weighted by Gasteiger charge is 3.00. The number of rotatable bonds is 7. The molecule has 2 bridgehead atoms. The van der Waals surface area contributed by atoms with Gasteiger partial charge in [-0.3, -0.25) is 9.59 Å². The van der Waals surface area contributed by atoms with E-state index < -0.39 is 40.3 Å². The molecule has 1 aromatic rings. The van der Waals surface area contributed by atoms with Crippen LogP contribution in [0.4, 0.5) is 0 Å². The van der Waals surface area contributed by atoms with Gasteiger partial charge in [-0.15, -0.1) is 0 Å². The van der Waals surface area contributed by atoms with Gasteiger partial charge in [0.25, 0.3) is 0 Å². The Balaban J connectivity index is 1.26. The average molecular weight is 528 g/mol. The summed E-state index contributed by atoms with van der Waals surface area (Å²) >= 11 is 0. The minimum atomic E-state index is -1.43. The minimum absolute atomic E-state index is 0.0383. The molecule has 0 radical (unpaired) electrons. The second kappa shape index (κ2) is 8.79. The molecule has 3 saturated carbocycles. The molecule has 7 atom stereocenters. The first kappa shape index (κ1) is 26.7. The number of epoxide rings is 1. The Morgan fingerprint density at radius 3 is 2.05 bits per heavy atom. The fraction of sp³-hybridized carbons (Fsp3) is 0.655. The van der Waals surface area contributed by atoms with Gasteiger partial charge in [-0.1, -0.05) is 30.3 Å². The lowest BCUT2D eigenvalue weighted by Gasteiger charge is -2.48. The predicted octanol–water partition coefficient (Wildman–Crippen LogP) is 2.94. The highest BCUT2D eigenvalue weighted by molar-refractivity contribution is 6.02. The van der Waals surface area contributed by atoms with Gasteiger partial charge in [0, 0.05) is 17.8 Å². The third-order valence-electron chi connectivity index (χ3n) is 8.17. The molecule has 5 rings (SSSR count). The van der Waals surface area contributed by atoms with Crippen LogP contribution in [-0.4, -0.2) is 52.8 Å². The number of fused-ring (bicyclic) bond motifs is 8. The second-order valence-corrected chi connectivity index (χ2v) is 13.0. The summed E-state index contributed by atoms with van der Waals surface area (Å²) < 4.78 is 22.8. The van der Waals surface area contributed by atoms with E-state index in [4.69, 9.17) is 18.9 Å². The predicted molar refractivity (Wildman–Crippen MR) is 134 cm³/mol. The van der Waals surface area contributed by atoms with Gasteiger partial charge >= 0.3 is 17.9 Å². The van der Waals surface area contributed by atoms with Crippen LogP contribution >= 0.6 is 0 Å². The molecule has 1 N–H and O–H groups in total. The van der Waals surface area contributed by atoms with E-state index in [0.717, 1.165) is 5.56 Å². The fourth-order valence-corrected chi connectivity index (χ4v) is 7.01. The number of amides is 1. The Morgan fingerprint density at radius 1 is 0.895 bits per heavy atom. The SMILES string of the molecule is CC(C)(C)OC(=O)[C@]12O[C@@]1(C(=O)OC(C)(C)C)[C@@H]1[C@@H]3C[C@@H](C[C@@H]3C(=O)NCC(=O)OCc3ccccc3)[C@@H]12. The smallest absolute Gasteiger partial charge is 0.343 e. The van der Waals surface area contributed by atoms with Gasteiger partial charge < -0.3 is 24.3 Å². The third-order valence-corrected chi connectivity index (χ3v) is 8.17. The van der Waals surface area contributed by atoms with E-state index >= 15 is 0 Å². The first-order valence-corrected chi connectivity index (χ1v) is 13.3. The summed E-state index contributed by atoms with van der Waals surface area (Å²) in [5.74, 6) is -2.90. The van der Waals surface area contributed by atoms with E-state index in [2.05, 4.69) is 5.32 Å². The number of carbonyl (C=O) groups is 4. The summed E-state index contributed by atoms with van der Waals surface area (Å²) in [4.78, 5) is 52.2. The van der Waals surface area contributed by atoms with Crippen molar-refractivity contribution in [2.75, 3.05) is 6.54 Å². The topological polar surface area (TPSA) is 121 Å². The van der Waals surface area contributed by atoms with Crippen molar-refractivity contribution in [3.05, 3.63) is 35.9 Å². The Kier molecular flexibility index (Phi) is 6.17. The zero-order valence-corrected chi connectivity index (χ0v) is 22.9. The lowest BCUT2D eigenvalue weighted by atomic mass is 9.50. The van der Waals surface area contributed by atoms with Crippen molar-refractivity contribution in [1.29, 1.82) is 0 Å². The molecule has 3 aliphatic carbocycles. The number of hydrogen-bond acceptors (Lipinski definition) is 8. The van der Waals surface area contributed by atoms with E-state index in [1.165, 1.54) is 0 Å². The highest BCUT2D eigenvalue weighted by atomic mass is 16.7. The van der Waals surface area contributed by atoms with Gasteiger partial charge in [0.2, 0.25) is 17.1 Å². The summed E-state index contributed by atoms with van der Waals surface area (Å²) in [6.07, 6.45) is 1.28. The minimum Gasteiger partial charge on any atom is -0.460 e. The second-order valence-electron chi connectivity index (χ2n) is 13.0. The molecule has 9 heteroatoms. The van der Waals surface area contributed by atoms with Gasteiger partial charge in [0.05, 0.1) is 0 Å². The lowest BCUT2D eigenvalue weighted by molar-refractivity contribution is -0.181. The molecule has 1 aromatic carbocycles. The van der Waals surface area contributed by atoms with Gasteiger partial charge in [-0.25, -0.2) is 9.59 Å². The highest BCUT2D eigenvalue weighted by Crippen LogP contribution is 2.82. The molecule has 4 fully saturated rings. The van der Waals surface area contributed by atoms with Crippen molar-refractivity contribution in [2.24, 2.45) is 29.6 Å². The fourth-order valence-electron chi connectivity index (χ4n) is 7.01. The Hall–Kier alpha value is -2.94. The Bertz CT molecular complexity index is 1150. The molecule has 0 aromatic heterocycles. The Morgan fingerprint density at radius 2 is 1.47 bits per heavy atom. The van der Waals surface area contributed by atoms with Crippen LogP contribution in [0, 0.1) is 29.6 Å². The number of hydrogen-bond donors (Lipinski definition) is 1. The number of carbonyl (C=O) groups excluding carboxylic acids is 4. The van der Waals surface area contributed by atoms with Crippen molar-refractivity contribution < 1.29 is 38.1 Å². The van der Waals surface area contributed by atoms with Crippen LogP contribution in [0.3, 0.4) is 0 Å². The molecule has 206 valence electrons. The van der Waals surface area contributed by atoms with Crippen molar-refractivity contribution in [3.8, 4) is 0 Å². The average Bonchev–Trinajstić information content (AvgIpc) is 3.04. The molecule has 38 heavy (non-hydrogen) atoms. The van der Waals surface area contributed by atoms with Crippen molar-refractivity contribution in [2.45, 2.75) is 83.4 Å². The van der Waals surface area contributed by atoms with Crippen molar-refractivity contribution in [3.63, 3.8) is 0 Å². The lowest BCUT2D eigenvalue weighted by Crippen LogP contribution is -2.67. The van der Waals surface area contributed by atoms with E-state index in [1.807, 2.05) is 30.3 Å². The maximum absolute atomic E-state index is 13.5. The number of ether oxygens (including phenoxy) is 4. The maximum Gasteiger partial charge on any atom is 0.343 e. The van der Waals surface area contributed by atoms with Crippen LogP contribution in [0.2, 0.25) is 0 Å². The summed E-state index contributed by atoms with van der Waals surface area (Å²) in [6, 6.07) is 9.31. The van der Waals surface area contributed by atoms with Crippen LogP contribution in [-0.2, 0) is 44.7 Å². The van der Waals surface area contributed by atoms with Crippen molar-refractivity contribution >= 4 is 23.8 Å². The molecule has 0 spiro atoms. The summed E-state index contributed by atoms with van der Waals surface area (Å²) in [5.41, 5.74) is -3.42. The quantitative estimate of drug-likeness (QED) is 0.327. The van der Waals surface area contributed by atoms with E-state index in [0.29, 0.717) is 12.8 Å². The number of nitrogens with one attached hydrogen (secondary N) is 1. The first-order valence-electron chi connectivity index (χ1n) is 13.3. The summed E-state index contributed by atoms with van der Waals surface area (Å²) in [5, 5.41) is 2.71. The standard InChI is InChI=1S/C29H37NO8/c1-26(2,3)36-24(33)28-21-17-12-18(22(21)29(28,38-28)25(34)37-27(4,5)6)19(13-17)23(32)30-14-20(31)35-15-16-10-8-7-9-11-16/h7-11,17-19,21-22H,12-15H2,1-6H3,(H,30,32)/t17-,18+,19-,21-,22+,28-,29+/m0/s1. The number of esters is 3. The van der Waals surface area contributed by atoms with Crippen molar-refractivity contribution in [1.82, 2.24) is 5.32 Å². The van der Waals surface area contributed by atoms with Crippen LogP contribution < -0.4 is 5.32 Å². The molecule has 1 amide bonds. The molecular formula is C29H37NO8. The molecule has 4 aliphatic rings. The zero-order chi connectivity index (χ0) is 27.7. The van der Waals surface area contributed by atoms with Gasteiger partial charge in [0.15, 0.2) is 0 Å². The largest absolute Gasteiger partial charge is 0.460 e. The van der Waals surface area contributed by atoms with Gasteiger partial charge in [-0.05, 0) is 71.8 Å². The van der Waals surface area contributed by atoms with Crippen LogP contribution in [0.25, 0.3) is 0 Å². The number of benzene rings is 1. The molecule has 1 saturated heterocycles. The zero-order valence-electron chi connectivity index (χ0n) is 22.9. The summed E-state index contributed by atoms with van der Waals surface area (Å²) in [7, 11) is 0. The van der Waals surface area contributed by atoms with Crippen LogP contribution in [0.15, 0.2) is 30.3 Å². The molecular weight excluding hydrogens is 490 g/mol. The van der Waals surface area contributed by atoms with Gasteiger partial charge in [-0.2, -0.15) is 0 Å². The van der Waals surface area contributed by atoms with Crippen LogP contribution in [0.5, 0.6) is 0 Å². The van der Waals surface area contributed by atoms with Crippen LogP contribution in [0.1, 0.15) is 59.9 Å². The van der Waals surface area contributed by atoms with E-state index in [1.54, 1.807) is 41.5 Å². The Labute approximate surface area is 222 Å². The summed E-state index contributed by atoms with van der Waals surface area (Å²) in [6.45, 7) is 10.5.